The molecule has 0 unspecified atom stereocenters. The molecule has 8 nitrogen and oxygen atoms in total. The fourth-order valence-corrected chi connectivity index (χ4v) is 4.97. The lowest BCUT2D eigenvalue weighted by Crippen LogP contribution is -2.40. The molecular formula is C22H25ClN2O6S. The van der Waals surface area contributed by atoms with Crippen molar-refractivity contribution in [3.05, 3.63) is 58.1 Å². The smallest absolute Gasteiger partial charge is 0.340 e. The topological polar surface area (TPSA) is 102 Å². The summed E-state index contributed by atoms with van der Waals surface area (Å²) in [5.74, 6) is -1.39. The van der Waals surface area contributed by atoms with E-state index in [0.29, 0.717) is 18.9 Å². The van der Waals surface area contributed by atoms with Gasteiger partial charge in [-0.2, -0.15) is 4.31 Å². The number of para-hydroxylation sites is 1. The maximum Gasteiger partial charge on any atom is 0.340 e. The number of carbonyl (C=O) groups is 2. The molecule has 0 saturated carbocycles. The van der Waals surface area contributed by atoms with E-state index in [1.807, 2.05) is 32.0 Å². The summed E-state index contributed by atoms with van der Waals surface area (Å²) in [6, 6.07) is 9.52. The van der Waals surface area contributed by atoms with E-state index in [-0.39, 0.29) is 28.6 Å². The van der Waals surface area contributed by atoms with Gasteiger partial charge in [0.2, 0.25) is 10.0 Å². The molecule has 1 amide bonds. The summed E-state index contributed by atoms with van der Waals surface area (Å²) in [4.78, 5) is 24.8. The van der Waals surface area contributed by atoms with E-state index in [4.69, 9.17) is 21.1 Å². The van der Waals surface area contributed by atoms with Crippen LogP contribution in [0.4, 0.5) is 5.69 Å². The van der Waals surface area contributed by atoms with Gasteiger partial charge in [0.15, 0.2) is 6.61 Å². The van der Waals surface area contributed by atoms with E-state index in [2.05, 4.69) is 5.32 Å². The zero-order valence-corrected chi connectivity index (χ0v) is 19.5. The first-order chi connectivity index (χ1) is 15.2. The average Bonchev–Trinajstić information content (AvgIpc) is 2.79. The Balaban J connectivity index is 1.70. The average molecular weight is 481 g/mol. The van der Waals surface area contributed by atoms with Gasteiger partial charge in [-0.15, -0.1) is 0 Å². The van der Waals surface area contributed by atoms with E-state index >= 15 is 0 Å². The summed E-state index contributed by atoms with van der Waals surface area (Å²) < 4.78 is 37.3. The van der Waals surface area contributed by atoms with Gasteiger partial charge >= 0.3 is 5.97 Å². The molecule has 2 aromatic rings. The standard InChI is InChI=1S/C22H25ClN2O6S/c1-3-16-6-4-5-15(2)21(16)24-20(26)14-31-22(27)18-13-17(7-8-19(18)23)32(28,29)25-9-11-30-12-10-25/h4-8,13H,3,9-12,14H2,1-2H3,(H,24,26). The van der Waals surface area contributed by atoms with Gasteiger partial charge in [-0.3, -0.25) is 4.79 Å². The number of rotatable bonds is 7. The van der Waals surface area contributed by atoms with Crippen LogP contribution in [0.5, 0.6) is 0 Å². The molecule has 2 aromatic carbocycles. The predicted molar refractivity (Wildman–Crippen MR) is 120 cm³/mol. The number of sulfonamides is 1. The quantitative estimate of drug-likeness (QED) is 0.611. The summed E-state index contributed by atoms with van der Waals surface area (Å²) >= 11 is 6.10. The van der Waals surface area contributed by atoms with Crippen molar-refractivity contribution in [3.8, 4) is 0 Å². The molecule has 0 aliphatic carbocycles. The Hall–Kier alpha value is -2.46. The number of aryl methyl sites for hydroxylation is 2. The zero-order chi connectivity index (χ0) is 23.3. The molecule has 0 radical (unpaired) electrons. The number of halogens is 1. The summed E-state index contributed by atoms with van der Waals surface area (Å²) in [6.45, 7) is 4.38. The molecule has 0 aromatic heterocycles. The molecule has 1 aliphatic rings. The van der Waals surface area contributed by atoms with Gasteiger partial charge in [0.25, 0.3) is 5.91 Å². The summed E-state index contributed by atoms with van der Waals surface area (Å²) in [5.41, 5.74) is 2.42. The number of ether oxygens (including phenoxy) is 2. The lowest BCUT2D eigenvalue weighted by molar-refractivity contribution is -0.119. The van der Waals surface area contributed by atoms with Crippen LogP contribution in [0, 0.1) is 6.92 Å². The van der Waals surface area contributed by atoms with Crippen molar-refractivity contribution in [2.75, 3.05) is 38.2 Å². The maximum atomic E-state index is 12.8. The van der Waals surface area contributed by atoms with Crippen molar-refractivity contribution in [1.82, 2.24) is 4.31 Å². The highest BCUT2D eigenvalue weighted by molar-refractivity contribution is 7.89. The minimum Gasteiger partial charge on any atom is -0.452 e. The predicted octanol–water partition coefficient (Wildman–Crippen LogP) is 3.03. The Morgan fingerprint density at radius 1 is 1.19 bits per heavy atom. The molecule has 10 heteroatoms. The molecule has 3 rings (SSSR count). The normalized spacial score (nSPS) is 14.7. The fraction of sp³-hybridized carbons (Fsp3) is 0.364. The van der Waals surface area contributed by atoms with Gasteiger partial charge in [0, 0.05) is 18.8 Å². The highest BCUT2D eigenvalue weighted by Gasteiger charge is 2.28. The van der Waals surface area contributed by atoms with Crippen LogP contribution < -0.4 is 5.32 Å². The Morgan fingerprint density at radius 3 is 2.59 bits per heavy atom. The van der Waals surface area contributed by atoms with Crippen molar-refractivity contribution in [2.45, 2.75) is 25.2 Å². The third-order valence-electron chi connectivity index (χ3n) is 5.10. The van der Waals surface area contributed by atoms with Crippen LogP contribution in [-0.4, -0.2) is 57.5 Å². The van der Waals surface area contributed by atoms with E-state index < -0.39 is 28.5 Å². The molecule has 1 saturated heterocycles. The number of hydrogen-bond donors (Lipinski definition) is 1. The van der Waals surface area contributed by atoms with Gasteiger partial charge < -0.3 is 14.8 Å². The van der Waals surface area contributed by atoms with Gasteiger partial charge in [-0.05, 0) is 42.7 Å². The Labute approximate surface area is 192 Å². The molecule has 0 bridgehead atoms. The second-order valence-corrected chi connectivity index (χ2v) is 9.59. The number of hydrogen-bond acceptors (Lipinski definition) is 6. The fourth-order valence-electron chi connectivity index (χ4n) is 3.34. The molecule has 1 aliphatic heterocycles. The molecule has 172 valence electrons. The SMILES string of the molecule is CCc1cccc(C)c1NC(=O)COC(=O)c1cc(S(=O)(=O)N2CCOCC2)ccc1Cl. The van der Waals surface area contributed by atoms with Crippen molar-refractivity contribution in [2.24, 2.45) is 0 Å². The van der Waals surface area contributed by atoms with E-state index in [9.17, 15) is 18.0 Å². The van der Waals surface area contributed by atoms with Crippen molar-refractivity contribution < 1.29 is 27.5 Å². The highest BCUT2D eigenvalue weighted by Crippen LogP contribution is 2.25. The summed E-state index contributed by atoms with van der Waals surface area (Å²) in [7, 11) is -3.81. The maximum absolute atomic E-state index is 12.8. The molecular weight excluding hydrogens is 456 g/mol. The van der Waals surface area contributed by atoms with Crippen molar-refractivity contribution in [1.29, 1.82) is 0 Å². The van der Waals surface area contributed by atoms with Crippen LogP contribution >= 0.6 is 11.6 Å². The number of nitrogens with zero attached hydrogens (tertiary/aromatic N) is 1. The molecule has 32 heavy (non-hydrogen) atoms. The van der Waals surface area contributed by atoms with Crippen LogP contribution in [0.15, 0.2) is 41.3 Å². The Bertz CT molecular complexity index is 1110. The van der Waals surface area contributed by atoms with Gasteiger partial charge in [0.1, 0.15) is 0 Å². The molecule has 0 spiro atoms. The van der Waals surface area contributed by atoms with Crippen LogP contribution in [0.2, 0.25) is 5.02 Å². The number of esters is 1. The Kier molecular flexibility index (Phi) is 7.89. The van der Waals surface area contributed by atoms with Gasteiger partial charge in [-0.1, -0.05) is 36.7 Å². The molecule has 1 heterocycles. The van der Waals surface area contributed by atoms with Crippen molar-refractivity contribution in [3.63, 3.8) is 0 Å². The minimum absolute atomic E-state index is 0.0310. The molecule has 0 atom stereocenters. The third-order valence-corrected chi connectivity index (χ3v) is 7.33. The minimum atomic E-state index is -3.81. The van der Waals surface area contributed by atoms with Crippen LogP contribution in [-0.2, 0) is 30.7 Å². The second kappa shape index (κ2) is 10.4. The first-order valence-electron chi connectivity index (χ1n) is 10.2. The van der Waals surface area contributed by atoms with Crippen molar-refractivity contribution >= 4 is 39.2 Å². The van der Waals surface area contributed by atoms with E-state index in [0.717, 1.165) is 17.5 Å². The second-order valence-electron chi connectivity index (χ2n) is 7.25. The van der Waals surface area contributed by atoms with Crippen LogP contribution in [0.1, 0.15) is 28.4 Å². The number of anilines is 1. The van der Waals surface area contributed by atoms with Crippen LogP contribution in [0.3, 0.4) is 0 Å². The monoisotopic (exact) mass is 480 g/mol. The first-order valence-corrected chi connectivity index (χ1v) is 12.0. The number of morpholine rings is 1. The highest BCUT2D eigenvalue weighted by atomic mass is 35.5. The summed E-state index contributed by atoms with van der Waals surface area (Å²) in [5, 5.41) is 2.80. The number of carbonyl (C=O) groups excluding carboxylic acids is 2. The first kappa shape index (κ1) is 24.2. The Morgan fingerprint density at radius 2 is 1.91 bits per heavy atom. The third kappa shape index (κ3) is 5.47. The molecule has 1 N–H and O–H groups in total. The number of amides is 1. The lowest BCUT2D eigenvalue weighted by Gasteiger charge is -2.26. The largest absolute Gasteiger partial charge is 0.452 e. The van der Waals surface area contributed by atoms with Gasteiger partial charge in [-0.25, -0.2) is 13.2 Å². The lowest BCUT2D eigenvalue weighted by atomic mass is 10.1. The number of nitrogens with one attached hydrogen (secondary N) is 1. The van der Waals surface area contributed by atoms with Gasteiger partial charge in [0.05, 0.1) is 28.7 Å². The van der Waals surface area contributed by atoms with E-state index in [1.165, 1.54) is 22.5 Å². The molecule has 1 fully saturated rings. The number of benzene rings is 2. The summed E-state index contributed by atoms with van der Waals surface area (Å²) in [6.07, 6.45) is 0.733. The van der Waals surface area contributed by atoms with E-state index in [1.54, 1.807) is 0 Å². The zero-order valence-electron chi connectivity index (χ0n) is 17.9. The van der Waals surface area contributed by atoms with Crippen LogP contribution in [0.25, 0.3) is 0 Å².